The summed E-state index contributed by atoms with van der Waals surface area (Å²) in [7, 11) is 0. The smallest absolute Gasteiger partial charge is 0.0294 e. The summed E-state index contributed by atoms with van der Waals surface area (Å²) in [6.07, 6.45) is 2.70. The zero-order chi connectivity index (χ0) is 14.5. The summed E-state index contributed by atoms with van der Waals surface area (Å²) in [6.45, 7) is 10.6. The van der Waals surface area contributed by atoms with Crippen molar-refractivity contribution in [1.29, 1.82) is 0 Å². The molecular formula is C17H27BrN2. The van der Waals surface area contributed by atoms with Crippen molar-refractivity contribution in [3.63, 3.8) is 0 Å². The lowest BCUT2D eigenvalue weighted by Gasteiger charge is -2.36. The average molecular weight is 339 g/mol. The van der Waals surface area contributed by atoms with Crippen LogP contribution in [-0.2, 0) is 0 Å². The van der Waals surface area contributed by atoms with E-state index >= 15 is 0 Å². The zero-order valence-electron chi connectivity index (χ0n) is 12.9. The molecule has 0 radical (unpaired) electrons. The van der Waals surface area contributed by atoms with E-state index in [1.165, 1.54) is 38.0 Å². The number of likely N-dealkylation sites (tertiary alicyclic amines) is 1. The van der Waals surface area contributed by atoms with Crippen LogP contribution in [0.15, 0.2) is 28.7 Å². The molecule has 0 spiro atoms. The first kappa shape index (κ1) is 16.0. The molecule has 1 aliphatic rings. The molecule has 1 aliphatic heterocycles. The van der Waals surface area contributed by atoms with Crippen LogP contribution in [0.4, 0.5) is 0 Å². The topological polar surface area (TPSA) is 15.3 Å². The van der Waals surface area contributed by atoms with Crippen LogP contribution in [0.5, 0.6) is 0 Å². The number of nitrogens with one attached hydrogen (secondary N) is 1. The Hall–Kier alpha value is -0.380. The van der Waals surface area contributed by atoms with E-state index < -0.39 is 0 Å². The van der Waals surface area contributed by atoms with Crippen molar-refractivity contribution in [2.24, 2.45) is 5.92 Å². The fraction of sp³-hybridized carbons (Fsp3) is 0.647. The molecule has 3 heteroatoms. The fourth-order valence-corrected chi connectivity index (χ4v) is 3.43. The summed E-state index contributed by atoms with van der Waals surface area (Å²) in [5, 5.41) is 3.79. The molecule has 1 saturated heterocycles. The number of benzene rings is 1. The quantitative estimate of drug-likeness (QED) is 0.864. The van der Waals surface area contributed by atoms with Crippen LogP contribution in [0.25, 0.3) is 0 Å². The van der Waals surface area contributed by atoms with Crippen LogP contribution < -0.4 is 5.32 Å². The zero-order valence-corrected chi connectivity index (χ0v) is 14.5. The molecular weight excluding hydrogens is 312 g/mol. The molecule has 2 unspecified atom stereocenters. The summed E-state index contributed by atoms with van der Waals surface area (Å²) in [4.78, 5) is 2.58. The van der Waals surface area contributed by atoms with E-state index in [2.05, 4.69) is 71.2 Å². The summed E-state index contributed by atoms with van der Waals surface area (Å²) in [5.74, 6) is 0.779. The van der Waals surface area contributed by atoms with Gasteiger partial charge in [0.1, 0.15) is 0 Å². The van der Waals surface area contributed by atoms with Crippen molar-refractivity contribution in [3.8, 4) is 0 Å². The standard InChI is InChI=1S/C17H27BrN2/c1-4-20-11-5-6-16(12-20)14(3)19-13(2)15-7-9-17(18)10-8-15/h7-10,13-14,16,19H,4-6,11-12H2,1-3H3/t13-,14?,16?/m0/s1. The number of halogens is 1. The second-order valence-electron chi connectivity index (χ2n) is 6.02. The van der Waals surface area contributed by atoms with E-state index in [0.29, 0.717) is 12.1 Å². The van der Waals surface area contributed by atoms with Gasteiger partial charge in [0, 0.05) is 23.1 Å². The van der Waals surface area contributed by atoms with Crippen LogP contribution in [0.3, 0.4) is 0 Å². The Morgan fingerprint density at radius 2 is 2.00 bits per heavy atom. The minimum absolute atomic E-state index is 0.412. The SMILES string of the molecule is CCN1CCCC(C(C)N[C@@H](C)c2ccc(Br)cc2)C1. The van der Waals surface area contributed by atoms with E-state index in [9.17, 15) is 0 Å². The maximum Gasteiger partial charge on any atom is 0.0294 e. The molecule has 0 aromatic heterocycles. The molecule has 0 aliphatic carbocycles. The van der Waals surface area contributed by atoms with Gasteiger partial charge in [0.15, 0.2) is 0 Å². The summed E-state index contributed by atoms with van der Waals surface area (Å²) in [5.41, 5.74) is 1.36. The molecule has 1 aromatic carbocycles. The van der Waals surface area contributed by atoms with Gasteiger partial charge < -0.3 is 10.2 Å². The first-order valence-corrected chi connectivity index (χ1v) is 8.63. The molecule has 1 aromatic rings. The lowest BCUT2D eigenvalue weighted by molar-refractivity contribution is 0.153. The van der Waals surface area contributed by atoms with Crippen molar-refractivity contribution in [3.05, 3.63) is 34.3 Å². The predicted octanol–water partition coefficient (Wildman–Crippen LogP) is 4.22. The highest BCUT2D eigenvalue weighted by molar-refractivity contribution is 9.10. The van der Waals surface area contributed by atoms with Crippen molar-refractivity contribution in [1.82, 2.24) is 10.2 Å². The summed E-state index contributed by atoms with van der Waals surface area (Å²) in [6, 6.07) is 9.63. The highest BCUT2D eigenvalue weighted by Crippen LogP contribution is 2.23. The van der Waals surface area contributed by atoms with Crippen molar-refractivity contribution in [2.45, 2.75) is 45.7 Å². The molecule has 2 nitrogen and oxygen atoms in total. The highest BCUT2D eigenvalue weighted by atomic mass is 79.9. The third-order valence-corrected chi connectivity index (χ3v) is 5.11. The molecule has 20 heavy (non-hydrogen) atoms. The van der Waals surface area contributed by atoms with E-state index in [0.717, 1.165) is 10.4 Å². The second-order valence-corrected chi connectivity index (χ2v) is 6.94. The summed E-state index contributed by atoms with van der Waals surface area (Å²) >= 11 is 3.50. The maximum absolute atomic E-state index is 3.79. The molecule has 0 saturated carbocycles. The Kier molecular flexibility index (Phi) is 6.06. The van der Waals surface area contributed by atoms with Crippen LogP contribution in [0.1, 0.15) is 45.2 Å². The van der Waals surface area contributed by atoms with Gasteiger partial charge in [-0.2, -0.15) is 0 Å². The Bertz CT molecular complexity index is 404. The van der Waals surface area contributed by atoms with Crippen molar-refractivity contribution < 1.29 is 0 Å². The van der Waals surface area contributed by atoms with Crippen LogP contribution in [-0.4, -0.2) is 30.6 Å². The monoisotopic (exact) mass is 338 g/mol. The molecule has 1 heterocycles. The van der Waals surface area contributed by atoms with Gasteiger partial charge >= 0.3 is 0 Å². The Balaban J connectivity index is 1.89. The first-order chi connectivity index (χ1) is 9.60. The number of piperidine rings is 1. The largest absolute Gasteiger partial charge is 0.307 e. The number of hydrogen-bond donors (Lipinski definition) is 1. The van der Waals surface area contributed by atoms with Crippen LogP contribution >= 0.6 is 15.9 Å². The van der Waals surface area contributed by atoms with E-state index in [1.54, 1.807) is 0 Å². The molecule has 1 fully saturated rings. The molecule has 112 valence electrons. The van der Waals surface area contributed by atoms with E-state index in [1.807, 2.05) is 0 Å². The molecule has 0 amide bonds. The first-order valence-electron chi connectivity index (χ1n) is 7.84. The number of rotatable bonds is 5. The molecule has 3 atom stereocenters. The van der Waals surface area contributed by atoms with Gasteiger partial charge in [0.25, 0.3) is 0 Å². The highest BCUT2D eigenvalue weighted by Gasteiger charge is 2.24. The number of hydrogen-bond acceptors (Lipinski definition) is 2. The van der Waals surface area contributed by atoms with Crippen LogP contribution in [0, 0.1) is 5.92 Å². The summed E-state index contributed by atoms with van der Waals surface area (Å²) < 4.78 is 1.15. The predicted molar refractivity (Wildman–Crippen MR) is 90.0 cm³/mol. The van der Waals surface area contributed by atoms with Crippen molar-refractivity contribution >= 4 is 15.9 Å². The molecule has 2 rings (SSSR count). The van der Waals surface area contributed by atoms with Gasteiger partial charge in [-0.15, -0.1) is 0 Å². The van der Waals surface area contributed by atoms with Gasteiger partial charge in [-0.3, -0.25) is 0 Å². The van der Waals surface area contributed by atoms with Gasteiger partial charge in [-0.25, -0.2) is 0 Å². The van der Waals surface area contributed by atoms with Crippen LogP contribution in [0.2, 0.25) is 0 Å². The maximum atomic E-state index is 3.79. The van der Waals surface area contributed by atoms with E-state index in [4.69, 9.17) is 0 Å². The minimum atomic E-state index is 0.412. The average Bonchev–Trinajstić information content (AvgIpc) is 2.47. The van der Waals surface area contributed by atoms with Gasteiger partial charge in [-0.05, 0) is 63.4 Å². The lowest BCUT2D eigenvalue weighted by Crippen LogP contribution is -2.44. The normalized spacial score (nSPS) is 23.5. The molecule has 1 N–H and O–H groups in total. The lowest BCUT2D eigenvalue weighted by atomic mass is 9.90. The van der Waals surface area contributed by atoms with E-state index in [-0.39, 0.29) is 0 Å². The third-order valence-electron chi connectivity index (χ3n) is 4.58. The van der Waals surface area contributed by atoms with Gasteiger partial charge in [0.05, 0.1) is 0 Å². The Morgan fingerprint density at radius 1 is 1.30 bits per heavy atom. The van der Waals surface area contributed by atoms with Crippen molar-refractivity contribution in [2.75, 3.05) is 19.6 Å². The van der Waals surface area contributed by atoms with Gasteiger partial charge in [0.2, 0.25) is 0 Å². The van der Waals surface area contributed by atoms with Gasteiger partial charge in [-0.1, -0.05) is 35.0 Å². The fourth-order valence-electron chi connectivity index (χ4n) is 3.16. The second kappa shape index (κ2) is 7.58. The Labute approximate surface area is 132 Å². The molecule has 0 bridgehead atoms. The Morgan fingerprint density at radius 3 is 2.65 bits per heavy atom. The third kappa shape index (κ3) is 4.31. The number of nitrogens with zero attached hydrogens (tertiary/aromatic N) is 1. The minimum Gasteiger partial charge on any atom is -0.307 e.